The number of hydrogen-bond acceptors (Lipinski definition) is 4. The van der Waals surface area contributed by atoms with Gasteiger partial charge in [0.1, 0.15) is 0 Å². The van der Waals surface area contributed by atoms with Gasteiger partial charge in [-0.05, 0) is 17.8 Å². The molecule has 122 valence electrons. The normalized spacial score (nSPS) is 44.8. The zero-order valence-electron chi connectivity index (χ0n) is 12.5. The molecule has 0 N–H and O–H groups in total. The number of esters is 2. The number of ether oxygens (including phenoxy) is 2. The van der Waals surface area contributed by atoms with Gasteiger partial charge in [0.15, 0.2) is 5.41 Å². The van der Waals surface area contributed by atoms with Gasteiger partial charge in [0.25, 0.3) is 5.79 Å². The van der Waals surface area contributed by atoms with E-state index in [-0.39, 0.29) is 6.42 Å². The van der Waals surface area contributed by atoms with Crippen molar-refractivity contribution in [1.29, 1.82) is 0 Å². The fraction of sp³-hybridized carbons (Fsp3) is 0.733. The van der Waals surface area contributed by atoms with Crippen LogP contribution in [0.25, 0.3) is 0 Å². The second kappa shape index (κ2) is 3.86. The molecule has 3 fully saturated rings. The Morgan fingerprint density at radius 2 is 2.05 bits per heavy atom. The Hall–Kier alpha value is -1.53. The van der Waals surface area contributed by atoms with Crippen molar-refractivity contribution in [2.45, 2.75) is 39.2 Å². The lowest BCUT2D eigenvalue weighted by atomic mass is 9.67. The van der Waals surface area contributed by atoms with Gasteiger partial charge >= 0.3 is 18.1 Å². The smallest absolute Gasteiger partial charge is 0.405 e. The van der Waals surface area contributed by atoms with Crippen LogP contribution in [0.4, 0.5) is 13.2 Å². The van der Waals surface area contributed by atoms with Crippen LogP contribution in [0, 0.1) is 28.6 Å². The Morgan fingerprint density at radius 1 is 1.45 bits per heavy atom. The summed E-state index contributed by atoms with van der Waals surface area (Å²) in [4.78, 5) is 23.8. The van der Waals surface area contributed by atoms with Crippen molar-refractivity contribution < 1.29 is 32.2 Å². The summed E-state index contributed by atoms with van der Waals surface area (Å²) in [6.45, 7) is 8.28. The van der Waals surface area contributed by atoms with Crippen molar-refractivity contribution in [3.63, 3.8) is 0 Å². The van der Waals surface area contributed by atoms with Crippen molar-refractivity contribution in [2.75, 3.05) is 0 Å². The van der Waals surface area contributed by atoms with Gasteiger partial charge < -0.3 is 9.47 Å². The van der Waals surface area contributed by atoms with Gasteiger partial charge in [-0.25, -0.2) is 4.79 Å². The van der Waals surface area contributed by atoms with Crippen molar-refractivity contribution >= 4 is 11.9 Å². The van der Waals surface area contributed by atoms with E-state index < -0.39 is 52.5 Å². The molecule has 2 bridgehead atoms. The predicted molar refractivity (Wildman–Crippen MR) is 68.1 cm³/mol. The lowest BCUT2D eigenvalue weighted by molar-refractivity contribution is -0.262. The molecule has 0 aromatic carbocycles. The van der Waals surface area contributed by atoms with Crippen molar-refractivity contribution in [3.8, 4) is 0 Å². The first-order chi connectivity index (χ1) is 9.95. The van der Waals surface area contributed by atoms with Crippen molar-refractivity contribution in [2.24, 2.45) is 28.6 Å². The standard InChI is InChI=1S/C15H17F3O4/c1-5-9(19)21-14-7(2)8-6-13(11(20)22-14,15(16,17)18)10(14)12(8,3)4/h5,7-8,10H,1,6H2,2-4H3. The second-order valence-corrected chi connectivity index (χ2v) is 7.06. The molecule has 1 aliphatic heterocycles. The Morgan fingerprint density at radius 3 is 2.50 bits per heavy atom. The maximum Gasteiger partial charge on any atom is 0.405 e. The average molecular weight is 318 g/mol. The third kappa shape index (κ3) is 1.36. The number of hydrogen-bond donors (Lipinski definition) is 0. The van der Waals surface area contributed by atoms with E-state index in [1.165, 1.54) is 0 Å². The van der Waals surface area contributed by atoms with Crippen LogP contribution >= 0.6 is 0 Å². The van der Waals surface area contributed by atoms with Gasteiger partial charge in [0.05, 0.1) is 5.92 Å². The van der Waals surface area contributed by atoms with Crippen LogP contribution in [0.15, 0.2) is 12.7 Å². The quantitative estimate of drug-likeness (QED) is 0.580. The summed E-state index contributed by atoms with van der Waals surface area (Å²) in [5.41, 5.74) is -3.42. The minimum absolute atomic E-state index is 0.318. The fourth-order valence-corrected chi connectivity index (χ4v) is 5.16. The van der Waals surface area contributed by atoms with Gasteiger partial charge in [-0.1, -0.05) is 27.4 Å². The van der Waals surface area contributed by atoms with Crippen LogP contribution in [-0.4, -0.2) is 23.9 Å². The predicted octanol–water partition coefficient (Wildman–Crippen LogP) is 2.83. The van der Waals surface area contributed by atoms with Crippen LogP contribution < -0.4 is 0 Å². The highest BCUT2D eigenvalue weighted by Gasteiger charge is 2.90. The molecule has 3 rings (SSSR count). The van der Waals surface area contributed by atoms with Crippen LogP contribution in [0.1, 0.15) is 27.2 Å². The third-order valence-corrected chi connectivity index (χ3v) is 5.92. The molecule has 3 aliphatic rings. The first-order valence-electron chi connectivity index (χ1n) is 7.10. The maximum absolute atomic E-state index is 13.7. The molecule has 1 heterocycles. The van der Waals surface area contributed by atoms with E-state index in [1.807, 2.05) is 0 Å². The maximum atomic E-state index is 13.7. The first-order valence-corrected chi connectivity index (χ1v) is 7.10. The zero-order valence-corrected chi connectivity index (χ0v) is 12.5. The first kappa shape index (κ1) is 15.4. The molecule has 5 atom stereocenters. The molecule has 4 nitrogen and oxygen atoms in total. The number of fused-ring (bicyclic) bond motifs is 1. The van der Waals surface area contributed by atoms with Gasteiger partial charge in [0, 0.05) is 12.0 Å². The minimum atomic E-state index is -4.75. The highest BCUT2D eigenvalue weighted by molar-refractivity contribution is 5.86. The summed E-state index contributed by atoms with van der Waals surface area (Å²) in [5, 5.41) is 0. The monoisotopic (exact) mass is 318 g/mol. The fourth-order valence-electron chi connectivity index (χ4n) is 5.16. The van der Waals surface area contributed by atoms with Crippen molar-refractivity contribution in [3.05, 3.63) is 12.7 Å². The molecule has 0 spiro atoms. The molecule has 7 heteroatoms. The summed E-state index contributed by atoms with van der Waals surface area (Å²) >= 11 is 0. The molecule has 1 saturated heterocycles. The molecular weight excluding hydrogens is 301 g/mol. The van der Waals surface area contributed by atoms with Gasteiger partial charge in [0.2, 0.25) is 0 Å². The van der Waals surface area contributed by atoms with E-state index in [9.17, 15) is 22.8 Å². The van der Waals surface area contributed by atoms with E-state index in [4.69, 9.17) is 9.47 Å². The zero-order chi connectivity index (χ0) is 16.7. The summed E-state index contributed by atoms with van der Waals surface area (Å²) in [5.74, 6) is -6.25. The topological polar surface area (TPSA) is 52.6 Å². The number of rotatable bonds is 2. The minimum Gasteiger partial charge on any atom is -0.421 e. The Bertz CT molecular complexity index is 582. The van der Waals surface area contributed by atoms with E-state index in [2.05, 4.69) is 6.58 Å². The molecule has 0 aromatic heterocycles. The highest BCUT2D eigenvalue weighted by atomic mass is 19.4. The number of carbonyl (C=O) groups excluding carboxylic acids is 2. The lowest BCUT2D eigenvalue weighted by Gasteiger charge is -2.39. The van der Waals surface area contributed by atoms with Gasteiger partial charge in [-0.2, -0.15) is 13.2 Å². The summed E-state index contributed by atoms with van der Waals surface area (Å²) in [7, 11) is 0. The SMILES string of the molecule is C=CC(=O)OC12OC(=O)C3(C(F)(F)F)CC(C1C)C(C)(C)C23. The summed E-state index contributed by atoms with van der Waals surface area (Å²) < 4.78 is 51.6. The Balaban J connectivity index is 2.21. The van der Waals surface area contributed by atoms with Gasteiger partial charge in [-0.3, -0.25) is 4.79 Å². The summed E-state index contributed by atoms with van der Waals surface area (Å²) in [6.07, 6.45) is -4.20. The number of alkyl halides is 3. The van der Waals surface area contributed by atoms with E-state index in [0.29, 0.717) is 0 Å². The van der Waals surface area contributed by atoms with Gasteiger partial charge in [-0.15, -0.1) is 0 Å². The molecule has 2 saturated carbocycles. The third-order valence-electron chi connectivity index (χ3n) is 5.92. The molecule has 22 heavy (non-hydrogen) atoms. The summed E-state index contributed by atoms with van der Waals surface area (Å²) in [6, 6.07) is 0. The van der Waals surface area contributed by atoms with Crippen LogP contribution in [0.3, 0.4) is 0 Å². The molecule has 2 aliphatic carbocycles. The molecular formula is C15H17F3O4. The second-order valence-electron chi connectivity index (χ2n) is 7.06. The molecule has 0 amide bonds. The Kier molecular flexibility index (Phi) is 2.70. The molecule has 0 radical (unpaired) electrons. The van der Waals surface area contributed by atoms with E-state index >= 15 is 0 Å². The van der Waals surface area contributed by atoms with Crippen molar-refractivity contribution in [1.82, 2.24) is 0 Å². The largest absolute Gasteiger partial charge is 0.421 e. The molecule has 0 aromatic rings. The number of halogens is 3. The lowest BCUT2D eigenvalue weighted by Crippen LogP contribution is -2.53. The van der Waals surface area contributed by atoms with Crippen LogP contribution in [0.2, 0.25) is 0 Å². The highest BCUT2D eigenvalue weighted by Crippen LogP contribution is 2.79. The van der Waals surface area contributed by atoms with E-state index in [0.717, 1.165) is 6.08 Å². The Labute approximate surface area is 125 Å². The van der Waals surface area contributed by atoms with Crippen LogP contribution in [0.5, 0.6) is 0 Å². The number of carbonyl (C=O) groups is 2. The molecule has 5 unspecified atom stereocenters. The van der Waals surface area contributed by atoms with Crippen LogP contribution in [-0.2, 0) is 19.1 Å². The average Bonchev–Trinajstić information content (AvgIpc) is 2.82. The van der Waals surface area contributed by atoms with E-state index in [1.54, 1.807) is 20.8 Å².